The van der Waals surface area contributed by atoms with E-state index in [2.05, 4.69) is 63.2 Å². The third-order valence-electron chi connectivity index (χ3n) is 12.8. The van der Waals surface area contributed by atoms with Crippen LogP contribution in [0.3, 0.4) is 0 Å². The van der Waals surface area contributed by atoms with Gasteiger partial charge in [0.2, 0.25) is 65.0 Å². The lowest BCUT2D eigenvalue weighted by molar-refractivity contribution is -0.142. The van der Waals surface area contributed by atoms with Gasteiger partial charge >= 0.3 is 5.97 Å². The largest absolute Gasteiger partial charge is 0.480 e. The number of aliphatic carboxylic acids is 1. The highest BCUT2D eigenvalue weighted by atomic mass is 16.4. The van der Waals surface area contributed by atoms with Crippen molar-refractivity contribution in [1.29, 1.82) is 0 Å². The number of nitrogens with one attached hydrogen (secondary N) is 10. The Morgan fingerprint density at radius 3 is 1.13 bits per heavy atom. The maximum Gasteiger partial charge on any atom is 0.326 e. The number of primary amides is 1. The lowest BCUT2D eigenvalue weighted by atomic mass is 10.0. The fourth-order valence-electron chi connectivity index (χ4n) is 7.98. The summed E-state index contributed by atoms with van der Waals surface area (Å²) in [6.45, 7) is 6.91. The number of carboxylic acids is 1. The summed E-state index contributed by atoms with van der Waals surface area (Å²) in [6, 6.07) is -14.8. The van der Waals surface area contributed by atoms with Gasteiger partial charge in [0.15, 0.2) is 11.9 Å². The number of aliphatic imine (C=N–C) groups is 2. The second-order valence-electron chi connectivity index (χ2n) is 20.6. The molecule has 0 heterocycles. The second kappa shape index (κ2) is 42.7. The van der Waals surface area contributed by atoms with Crippen LogP contribution < -0.4 is 99.0 Å². The van der Waals surface area contributed by atoms with E-state index in [4.69, 9.17) is 45.9 Å². The molecule has 0 aromatic carbocycles. The number of nitrogens with zero attached hydrogens (tertiary/aromatic N) is 2. The number of guanidine groups is 2. The number of carboxylic acid groups (broad SMARTS) is 1. The molecular formula is C51H96N20O15. The zero-order valence-electron chi connectivity index (χ0n) is 49.8. The fraction of sp³-hybridized carbons (Fsp3) is 0.725. The highest BCUT2D eigenvalue weighted by Gasteiger charge is 2.37. The molecule has 0 unspecified atom stereocenters. The number of carbonyl (C=O) groups is 12. The Hall–Kier alpha value is -8.02. The molecule has 490 valence electrons. The molecule has 0 spiro atoms. The topological polar surface area (TPSA) is 619 Å². The molecule has 0 saturated carbocycles. The zero-order chi connectivity index (χ0) is 65.6. The van der Waals surface area contributed by atoms with Gasteiger partial charge in [-0.05, 0) is 131 Å². The van der Waals surface area contributed by atoms with Crippen molar-refractivity contribution in [1.82, 2.24) is 53.2 Å². The molecule has 0 rings (SSSR count). The van der Waals surface area contributed by atoms with E-state index in [-0.39, 0.29) is 102 Å². The SMILES string of the molecule is CC(=O)NCCCC[C@H](NC(=O)[C@H](CCCCN)NC(=O)[C@H](CCCN=C(N)N)NC(=O)[C@H](C)NC(=O)[C@@H](NC(=O)[C@H](CCC(N)=O)NC(=O)[C@H](CCCCN)NC(=O)[C@@H](NC(=O)[C@H](CCCN=C(N)N)NC(=O)[C@H](C)N)[C@@H](C)O)[C@@H](C)O)C(=O)O. The quantitative estimate of drug-likeness (QED) is 0.0153. The maximum absolute atomic E-state index is 14.1. The van der Waals surface area contributed by atoms with Crippen LogP contribution in [0.4, 0.5) is 0 Å². The van der Waals surface area contributed by atoms with Crippen LogP contribution in [0, 0.1) is 0 Å². The van der Waals surface area contributed by atoms with Crippen LogP contribution in [-0.4, -0.2) is 204 Å². The Balaban J connectivity index is 6.66. The molecule has 11 amide bonds. The predicted octanol–water partition coefficient (Wildman–Crippen LogP) is -8.50. The first kappa shape index (κ1) is 78.0. The summed E-state index contributed by atoms with van der Waals surface area (Å²) in [7, 11) is 0. The lowest BCUT2D eigenvalue weighted by Gasteiger charge is -2.29. The summed E-state index contributed by atoms with van der Waals surface area (Å²) in [4.78, 5) is 166. The number of amides is 11. The second-order valence-corrected chi connectivity index (χ2v) is 20.6. The van der Waals surface area contributed by atoms with Crippen molar-refractivity contribution in [3.8, 4) is 0 Å². The van der Waals surface area contributed by atoms with Gasteiger partial charge in [0.25, 0.3) is 0 Å². The van der Waals surface area contributed by atoms with Gasteiger partial charge in [0.05, 0.1) is 18.2 Å². The molecule has 86 heavy (non-hydrogen) atoms. The molecule has 0 aliphatic heterocycles. The van der Waals surface area contributed by atoms with Crippen LogP contribution in [-0.2, 0) is 57.5 Å². The molecule has 35 heteroatoms. The molecule has 35 nitrogen and oxygen atoms in total. The van der Waals surface area contributed by atoms with E-state index in [0.717, 1.165) is 6.92 Å². The first-order chi connectivity index (χ1) is 40.4. The Morgan fingerprint density at radius 2 is 0.756 bits per heavy atom. The highest BCUT2D eigenvalue weighted by molar-refractivity contribution is 5.99. The molecular weight excluding hydrogens is 1130 g/mol. The van der Waals surface area contributed by atoms with Gasteiger partial charge in [0, 0.05) is 33.0 Å². The van der Waals surface area contributed by atoms with E-state index in [1.54, 1.807) is 0 Å². The Kier molecular flexibility index (Phi) is 38.7. The van der Waals surface area contributed by atoms with Crippen LogP contribution in [0.1, 0.15) is 131 Å². The molecule has 0 saturated heterocycles. The number of aliphatic hydroxyl groups is 2. The van der Waals surface area contributed by atoms with Gasteiger partial charge in [-0.1, -0.05) is 0 Å². The maximum atomic E-state index is 14.1. The van der Waals surface area contributed by atoms with E-state index in [0.29, 0.717) is 32.1 Å². The normalized spacial score (nSPS) is 15.1. The molecule has 29 N–H and O–H groups in total. The standard InChI is InChI=1S/C51H96N20O15/c1-26(54)40(76)64-34(18-13-25-62-51(58)59)45(81)71-39(29(4)73)48(84)68-32(15-7-10-22-53)42(78)67-35(19-20-37(55)75)46(82)70-38(28(3)72)47(83)63-27(2)41(77)65-33(17-12-24-61-50(56)57)43(79)66-31(14-6-9-21-52)44(80)69-36(49(85)86)16-8-11-23-60-30(5)74/h26-29,31-36,38-39,72-73H,6-25,52-54H2,1-5H3,(H2,55,75)(H,60,74)(H,63,83)(H,64,76)(H,65,77)(H,66,79)(H,67,78)(H,68,84)(H,69,80)(H,70,82)(H,71,81)(H,85,86)(H4,56,57,61)(H4,58,59,62)/t26-,27-,28+,29+,31-,32-,33-,34-,35-,36-,38-,39-/m0/s1. The monoisotopic (exact) mass is 1230 g/mol. The van der Waals surface area contributed by atoms with Crippen molar-refractivity contribution in [2.45, 2.75) is 204 Å². The zero-order valence-corrected chi connectivity index (χ0v) is 49.8. The van der Waals surface area contributed by atoms with Crippen LogP contribution in [0.15, 0.2) is 9.98 Å². The van der Waals surface area contributed by atoms with Gasteiger partial charge in [-0.15, -0.1) is 0 Å². The van der Waals surface area contributed by atoms with Gasteiger partial charge in [0.1, 0.15) is 54.4 Å². The summed E-state index contributed by atoms with van der Waals surface area (Å²) in [5.41, 5.74) is 44.1. The van der Waals surface area contributed by atoms with Gasteiger partial charge in [-0.2, -0.15) is 0 Å². The van der Waals surface area contributed by atoms with Gasteiger partial charge in [-0.3, -0.25) is 62.7 Å². The number of hydrogen-bond acceptors (Lipinski definition) is 19. The number of aliphatic hydroxyl groups excluding tert-OH is 2. The van der Waals surface area contributed by atoms with Crippen molar-refractivity contribution in [3.63, 3.8) is 0 Å². The molecule has 0 fully saturated rings. The Bertz CT molecular complexity index is 2280. The molecule has 0 aromatic heterocycles. The fourth-order valence-corrected chi connectivity index (χ4v) is 7.98. The molecule has 0 bridgehead atoms. The van der Waals surface area contributed by atoms with Crippen molar-refractivity contribution in [2.75, 3.05) is 32.7 Å². The molecule has 0 radical (unpaired) electrons. The summed E-state index contributed by atoms with van der Waals surface area (Å²) >= 11 is 0. The number of nitrogens with two attached hydrogens (primary N) is 8. The number of rotatable bonds is 45. The Morgan fingerprint density at radius 1 is 0.419 bits per heavy atom. The van der Waals surface area contributed by atoms with Crippen molar-refractivity contribution < 1.29 is 72.9 Å². The van der Waals surface area contributed by atoms with Gasteiger partial charge < -0.3 is 114 Å². The van der Waals surface area contributed by atoms with E-state index in [9.17, 15) is 72.9 Å². The van der Waals surface area contributed by atoms with E-state index in [1.165, 1.54) is 27.7 Å². The smallest absolute Gasteiger partial charge is 0.326 e. The first-order valence-electron chi connectivity index (χ1n) is 28.5. The van der Waals surface area contributed by atoms with Crippen molar-refractivity contribution in [2.24, 2.45) is 55.9 Å². The molecule has 0 aromatic rings. The van der Waals surface area contributed by atoms with Crippen LogP contribution in [0.5, 0.6) is 0 Å². The van der Waals surface area contributed by atoms with Crippen molar-refractivity contribution in [3.05, 3.63) is 0 Å². The third kappa shape index (κ3) is 33.5. The van der Waals surface area contributed by atoms with E-state index < -0.39 is 151 Å². The van der Waals surface area contributed by atoms with Crippen molar-refractivity contribution >= 4 is 82.9 Å². The number of hydrogen-bond donors (Lipinski definition) is 21. The molecule has 0 aliphatic rings. The summed E-state index contributed by atoms with van der Waals surface area (Å²) in [5, 5.41) is 55.9. The Labute approximate surface area is 499 Å². The number of carbonyl (C=O) groups excluding carboxylic acids is 11. The van der Waals surface area contributed by atoms with Gasteiger partial charge in [-0.25, -0.2) is 4.79 Å². The minimum atomic E-state index is -1.87. The average Bonchev–Trinajstić information content (AvgIpc) is 3.64. The molecule has 12 atom stereocenters. The summed E-state index contributed by atoms with van der Waals surface area (Å²) in [6.07, 6.45) is -2.32. The summed E-state index contributed by atoms with van der Waals surface area (Å²) < 4.78 is 0. The minimum Gasteiger partial charge on any atom is -0.480 e. The van der Waals surface area contributed by atoms with Crippen LogP contribution >= 0.6 is 0 Å². The third-order valence-corrected chi connectivity index (χ3v) is 12.8. The minimum absolute atomic E-state index is 0.00698. The average molecular weight is 1230 g/mol. The van der Waals surface area contributed by atoms with E-state index >= 15 is 0 Å². The van der Waals surface area contributed by atoms with Crippen LogP contribution in [0.2, 0.25) is 0 Å². The number of unbranched alkanes of at least 4 members (excludes halogenated alkanes) is 3. The van der Waals surface area contributed by atoms with E-state index in [1.807, 2.05) is 0 Å². The van der Waals surface area contributed by atoms with Crippen LogP contribution in [0.25, 0.3) is 0 Å². The lowest BCUT2D eigenvalue weighted by Crippen LogP contribution is -2.62. The first-order valence-corrected chi connectivity index (χ1v) is 28.5. The predicted molar refractivity (Wildman–Crippen MR) is 314 cm³/mol. The summed E-state index contributed by atoms with van der Waals surface area (Å²) in [5.74, 6) is -11.8. The molecule has 0 aliphatic carbocycles. The highest BCUT2D eigenvalue weighted by Crippen LogP contribution is 2.11.